The maximum Gasteiger partial charge on any atom is 0.253 e. The smallest absolute Gasteiger partial charge is 0.253 e. The van der Waals surface area contributed by atoms with E-state index in [2.05, 4.69) is 5.32 Å². The molecule has 0 radical (unpaired) electrons. The minimum absolute atomic E-state index is 0.0976. The minimum atomic E-state index is 0.0976. The quantitative estimate of drug-likeness (QED) is 0.920. The van der Waals surface area contributed by atoms with Crippen molar-refractivity contribution in [2.45, 2.75) is 19.3 Å². The Bertz CT molecular complexity index is 510. The first-order chi connectivity index (χ1) is 10.3. The fourth-order valence-electron chi connectivity index (χ4n) is 2.99. The van der Waals surface area contributed by atoms with Gasteiger partial charge in [-0.25, -0.2) is 0 Å². The van der Waals surface area contributed by atoms with Gasteiger partial charge in [0, 0.05) is 18.7 Å². The monoisotopic (exact) mass is 290 g/mol. The van der Waals surface area contributed by atoms with Gasteiger partial charge in [-0.2, -0.15) is 0 Å². The molecule has 2 heterocycles. The average molecular weight is 290 g/mol. The Hall–Kier alpha value is -1.75. The van der Waals surface area contributed by atoms with E-state index in [1.807, 2.05) is 24.1 Å². The molecule has 1 aromatic carbocycles. The number of nitrogens with zero attached hydrogens (tertiary/aromatic N) is 1. The molecule has 1 aromatic rings. The van der Waals surface area contributed by atoms with Crippen LogP contribution in [0.1, 0.15) is 29.6 Å². The maximum atomic E-state index is 12.5. The molecular formula is C16H22N2O3. The van der Waals surface area contributed by atoms with Gasteiger partial charge in [-0.1, -0.05) is 0 Å². The standard InChI is InChI=1S/C16H22N2O3/c1-17-7-4-12-5-8-18(9-6-12)16(19)13-2-3-14-15(10-13)21-11-20-14/h2-3,10,12,17H,4-9,11H2,1H3. The highest BCUT2D eigenvalue weighted by atomic mass is 16.7. The molecular weight excluding hydrogens is 268 g/mol. The highest BCUT2D eigenvalue weighted by molar-refractivity contribution is 5.95. The van der Waals surface area contributed by atoms with E-state index in [0.29, 0.717) is 11.3 Å². The summed E-state index contributed by atoms with van der Waals surface area (Å²) in [4.78, 5) is 14.5. The second-order valence-electron chi connectivity index (χ2n) is 5.70. The fraction of sp³-hybridized carbons (Fsp3) is 0.562. The zero-order chi connectivity index (χ0) is 14.7. The molecule has 21 heavy (non-hydrogen) atoms. The predicted molar refractivity (Wildman–Crippen MR) is 79.7 cm³/mol. The number of rotatable bonds is 4. The molecule has 5 heteroatoms. The molecule has 0 aromatic heterocycles. The number of likely N-dealkylation sites (tertiary alicyclic amines) is 1. The van der Waals surface area contributed by atoms with Crippen LogP contribution < -0.4 is 14.8 Å². The van der Waals surface area contributed by atoms with Crippen molar-refractivity contribution in [2.75, 3.05) is 33.5 Å². The van der Waals surface area contributed by atoms with Crippen molar-refractivity contribution in [2.24, 2.45) is 5.92 Å². The average Bonchev–Trinajstić information content (AvgIpc) is 3.00. The molecule has 1 N–H and O–H groups in total. The first kappa shape index (κ1) is 14.2. The Morgan fingerprint density at radius 1 is 1.29 bits per heavy atom. The Morgan fingerprint density at radius 3 is 2.81 bits per heavy atom. The lowest BCUT2D eigenvalue weighted by molar-refractivity contribution is 0.0686. The zero-order valence-corrected chi connectivity index (χ0v) is 12.4. The van der Waals surface area contributed by atoms with Gasteiger partial charge >= 0.3 is 0 Å². The number of benzene rings is 1. The van der Waals surface area contributed by atoms with Gasteiger partial charge in [-0.15, -0.1) is 0 Å². The topological polar surface area (TPSA) is 50.8 Å². The summed E-state index contributed by atoms with van der Waals surface area (Å²) < 4.78 is 10.6. The van der Waals surface area contributed by atoms with E-state index in [0.717, 1.165) is 44.1 Å². The first-order valence-electron chi connectivity index (χ1n) is 7.61. The lowest BCUT2D eigenvalue weighted by atomic mass is 9.93. The van der Waals surface area contributed by atoms with Gasteiger partial charge in [-0.05, 0) is 57.0 Å². The largest absolute Gasteiger partial charge is 0.454 e. The van der Waals surface area contributed by atoms with Crippen LogP contribution in [0.3, 0.4) is 0 Å². The van der Waals surface area contributed by atoms with Gasteiger partial charge < -0.3 is 19.7 Å². The summed E-state index contributed by atoms with van der Waals surface area (Å²) in [6, 6.07) is 5.43. The van der Waals surface area contributed by atoms with Crippen molar-refractivity contribution >= 4 is 5.91 Å². The third kappa shape index (κ3) is 3.13. The minimum Gasteiger partial charge on any atom is -0.454 e. The third-order valence-corrected chi connectivity index (χ3v) is 4.32. The number of nitrogens with one attached hydrogen (secondary N) is 1. The molecule has 114 valence electrons. The molecule has 1 fully saturated rings. The van der Waals surface area contributed by atoms with Crippen LogP contribution in [-0.4, -0.2) is 44.3 Å². The Balaban J connectivity index is 1.59. The summed E-state index contributed by atoms with van der Waals surface area (Å²) in [6.07, 6.45) is 3.39. The van der Waals surface area contributed by atoms with Crippen molar-refractivity contribution in [3.05, 3.63) is 23.8 Å². The van der Waals surface area contributed by atoms with Gasteiger partial charge in [0.15, 0.2) is 11.5 Å². The number of amides is 1. The second kappa shape index (κ2) is 6.35. The normalized spacial score (nSPS) is 18.0. The molecule has 1 saturated heterocycles. The number of fused-ring (bicyclic) bond motifs is 1. The number of hydrogen-bond acceptors (Lipinski definition) is 4. The van der Waals surface area contributed by atoms with Crippen molar-refractivity contribution in [3.63, 3.8) is 0 Å². The van der Waals surface area contributed by atoms with E-state index in [9.17, 15) is 4.79 Å². The third-order valence-electron chi connectivity index (χ3n) is 4.32. The predicted octanol–water partition coefficient (Wildman–Crippen LogP) is 1.88. The molecule has 0 unspecified atom stereocenters. The Kier molecular flexibility index (Phi) is 4.29. The maximum absolute atomic E-state index is 12.5. The number of hydrogen-bond donors (Lipinski definition) is 1. The van der Waals surface area contributed by atoms with Gasteiger partial charge in [0.2, 0.25) is 6.79 Å². The second-order valence-corrected chi connectivity index (χ2v) is 5.70. The van der Waals surface area contributed by atoms with Crippen molar-refractivity contribution < 1.29 is 14.3 Å². The summed E-state index contributed by atoms with van der Waals surface area (Å²) in [6.45, 7) is 2.99. The first-order valence-corrected chi connectivity index (χ1v) is 7.61. The Labute approximate surface area is 125 Å². The molecule has 0 spiro atoms. The molecule has 2 aliphatic heterocycles. The molecule has 5 nitrogen and oxygen atoms in total. The molecule has 1 amide bonds. The molecule has 0 aliphatic carbocycles. The highest BCUT2D eigenvalue weighted by Crippen LogP contribution is 2.33. The van der Waals surface area contributed by atoms with Crippen molar-refractivity contribution in [1.82, 2.24) is 10.2 Å². The van der Waals surface area contributed by atoms with E-state index < -0.39 is 0 Å². The van der Waals surface area contributed by atoms with E-state index in [4.69, 9.17) is 9.47 Å². The van der Waals surface area contributed by atoms with Crippen LogP contribution >= 0.6 is 0 Å². The number of carbonyl (C=O) groups excluding carboxylic acids is 1. The van der Waals surface area contributed by atoms with Crippen molar-refractivity contribution in [3.8, 4) is 11.5 Å². The summed E-state index contributed by atoms with van der Waals surface area (Å²) >= 11 is 0. The van der Waals surface area contributed by atoms with Crippen LogP contribution in [-0.2, 0) is 0 Å². The molecule has 0 saturated carbocycles. The van der Waals surface area contributed by atoms with Gasteiger partial charge in [-0.3, -0.25) is 4.79 Å². The van der Waals surface area contributed by atoms with Gasteiger partial charge in [0.25, 0.3) is 5.91 Å². The number of ether oxygens (including phenoxy) is 2. The highest BCUT2D eigenvalue weighted by Gasteiger charge is 2.24. The van der Waals surface area contributed by atoms with E-state index in [1.165, 1.54) is 6.42 Å². The van der Waals surface area contributed by atoms with Crippen LogP contribution in [0.2, 0.25) is 0 Å². The van der Waals surface area contributed by atoms with Gasteiger partial charge in [0.05, 0.1) is 0 Å². The Morgan fingerprint density at radius 2 is 2.05 bits per heavy atom. The lowest BCUT2D eigenvalue weighted by Gasteiger charge is -2.32. The van der Waals surface area contributed by atoms with Crippen molar-refractivity contribution in [1.29, 1.82) is 0 Å². The SMILES string of the molecule is CNCCC1CCN(C(=O)c2ccc3c(c2)OCO3)CC1. The fourth-order valence-corrected chi connectivity index (χ4v) is 2.99. The number of piperidine rings is 1. The molecule has 0 bridgehead atoms. The summed E-state index contributed by atoms with van der Waals surface area (Å²) in [5.41, 5.74) is 0.688. The van der Waals surface area contributed by atoms with E-state index in [1.54, 1.807) is 6.07 Å². The van der Waals surface area contributed by atoms with Crippen LogP contribution in [0.4, 0.5) is 0 Å². The van der Waals surface area contributed by atoms with Gasteiger partial charge in [0.1, 0.15) is 0 Å². The van der Waals surface area contributed by atoms with Crippen LogP contribution in [0.25, 0.3) is 0 Å². The van der Waals surface area contributed by atoms with E-state index in [-0.39, 0.29) is 12.7 Å². The molecule has 0 atom stereocenters. The lowest BCUT2D eigenvalue weighted by Crippen LogP contribution is -2.38. The zero-order valence-electron chi connectivity index (χ0n) is 12.4. The van der Waals surface area contributed by atoms with Crippen LogP contribution in [0, 0.1) is 5.92 Å². The van der Waals surface area contributed by atoms with E-state index >= 15 is 0 Å². The summed E-state index contributed by atoms with van der Waals surface area (Å²) in [7, 11) is 1.98. The summed E-state index contributed by atoms with van der Waals surface area (Å²) in [5, 5.41) is 3.19. The number of carbonyl (C=O) groups is 1. The van der Waals surface area contributed by atoms with Crippen LogP contribution in [0.15, 0.2) is 18.2 Å². The van der Waals surface area contributed by atoms with Crippen LogP contribution in [0.5, 0.6) is 11.5 Å². The summed E-state index contributed by atoms with van der Waals surface area (Å²) in [5.74, 6) is 2.22. The molecule has 2 aliphatic rings. The molecule has 3 rings (SSSR count).